The van der Waals surface area contributed by atoms with Gasteiger partial charge in [-0.3, -0.25) is 9.89 Å². The standard InChI is InChI=1S/C15H18N2O/c1-10(2)13-6-4-12(5-7-13)8-15-14(9-18)11(3)16-17-15/h4-7,9-10H,8H2,1-3H3,(H,16,17). The zero-order valence-corrected chi connectivity index (χ0v) is 11.0. The molecule has 0 aliphatic heterocycles. The van der Waals surface area contributed by atoms with E-state index in [0.717, 1.165) is 17.7 Å². The number of rotatable bonds is 4. The summed E-state index contributed by atoms with van der Waals surface area (Å²) in [6.45, 7) is 6.22. The molecule has 0 unspecified atom stereocenters. The van der Waals surface area contributed by atoms with E-state index in [2.05, 4.69) is 48.3 Å². The zero-order valence-electron chi connectivity index (χ0n) is 11.0. The van der Waals surface area contributed by atoms with Crippen LogP contribution >= 0.6 is 0 Å². The normalized spacial score (nSPS) is 10.9. The number of benzene rings is 1. The number of aldehydes is 1. The molecule has 0 aliphatic carbocycles. The van der Waals surface area contributed by atoms with Crippen molar-refractivity contribution in [3.05, 3.63) is 52.3 Å². The Morgan fingerprint density at radius 2 is 1.94 bits per heavy atom. The van der Waals surface area contributed by atoms with Gasteiger partial charge in [0.15, 0.2) is 6.29 Å². The maximum absolute atomic E-state index is 11.0. The summed E-state index contributed by atoms with van der Waals surface area (Å²) in [4.78, 5) is 11.0. The van der Waals surface area contributed by atoms with Crippen molar-refractivity contribution in [1.82, 2.24) is 10.2 Å². The number of carbonyl (C=O) groups excluding carboxylic acids is 1. The molecule has 94 valence electrons. The summed E-state index contributed by atoms with van der Waals surface area (Å²) in [5.74, 6) is 0.539. The van der Waals surface area contributed by atoms with Gasteiger partial charge >= 0.3 is 0 Å². The molecule has 3 heteroatoms. The molecular formula is C15H18N2O. The lowest BCUT2D eigenvalue weighted by Crippen LogP contribution is -1.95. The fourth-order valence-electron chi connectivity index (χ4n) is 1.99. The van der Waals surface area contributed by atoms with Crippen molar-refractivity contribution >= 4 is 6.29 Å². The first kappa shape index (κ1) is 12.6. The summed E-state index contributed by atoms with van der Waals surface area (Å²) in [7, 11) is 0. The molecule has 18 heavy (non-hydrogen) atoms. The molecule has 1 aromatic heterocycles. The van der Waals surface area contributed by atoms with Crippen LogP contribution in [-0.4, -0.2) is 16.5 Å². The Kier molecular flexibility index (Phi) is 3.60. The number of H-pyrrole nitrogens is 1. The fraction of sp³-hybridized carbons (Fsp3) is 0.333. The molecular weight excluding hydrogens is 224 g/mol. The van der Waals surface area contributed by atoms with Crippen LogP contribution in [0.15, 0.2) is 24.3 Å². The van der Waals surface area contributed by atoms with E-state index in [-0.39, 0.29) is 0 Å². The number of aryl methyl sites for hydroxylation is 1. The number of hydrogen-bond acceptors (Lipinski definition) is 2. The molecule has 1 heterocycles. The van der Waals surface area contributed by atoms with Crippen LogP contribution in [0.25, 0.3) is 0 Å². The lowest BCUT2D eigenvalue weighted by atomic mass is 9.99. The van der Waals surface area contributed by atoms with Gasteiger partial charge in [-0.05, 0) is 24.0 Å². The molecule has 0 aliphatic rings. The van der Waals surface area contributed by atoms with Gasteiger partial charge in [-0.1, -0.05) is 38.1 Å². The molecule has 0 amide bonds. The van der Waals surface area contributed by atoms with E-state index < -0.39 is 0 Å². The third-order valence-corrected chi connectivity index (χ3v) is 3.21. The molecule has 0 radical (unpaired) electrons. The van der Waals surface area contributed by atoms with Crippen LogP contribution in [0.3, 0.4) is 0 Å². The molecule has 0 saturated carbocycles. The topological polar surface area (TPSA) is 45.8 Å². The number of nitrogens with one attached hydrogen (secondary N) is 1. The van der Waals surface area contributed by atoms with E-state index in [1.807, 2.05) is 6.92 Å². The van der Waals surface area contributed by atoms with E-state index >= 15 is 0 Å². The molecule has 3 nitrogen and oxygen atoms in total. The molecule has 0 bridgehead atoms. The average Bonchev–Trinajstić information content (AvgIpc) is 2.70. The van der Waals surface area contributed by atoms with Gasteiger partial charge < -0.3 is 0 Å². The molecule has 0 saturated heterocycles. The summed E-state index contributed by atoms with van der Waals surface area (Å²) < 4.78 is 0. The Morgan fingerprint density at radius 1 is 1.28 bits per heavy atom. The Morgan fingerprint density at radius 3 is 2.50 bits per heavy atom. The number of aromatic nitrogens is 2. The van der Waals surface area contributed by atoms with Gasteiger partial charge in [-0.25, -0.2) is 0 Å². The van der Waals surface area contributed by atoms with Crippen LogP contribution in [0.4, 0.5) is 0 Å². The second kappa shape index (κ2) is 5.17. The maximum Gasteiger partial charge on any atom is 0.153 e. The van der Waals surface area contributed by atoms with Crippen LogP contribution < -0.4 is 0 Å². The number of nitrogens with zero attached hydrogens (tertiary/aromatic N) is 1. The van der Waals surface area contributed by atoms with Crippen molar-refractivity contribution in [3.8, 4) is 0 Å². The van der Waals surface area contributed by atoms with Crippen LogP contribution in [0, 0.1) is 6.92 Å². The van der Waals surface area contributed by atoms with E-state index in [1.165, 1.54) is 11.1 Å². The summed E-state index contributed by atoms with van der Waals surface area (Å²) in [6.07, 6.45) is 1.56. The second-order valence-corrected chi connectivity index (χ2v) is 4.90. The third kappa shape index (κ3) is 2.50. The van der Waals surface area contributed by atoms with Crippen molar-refractivity contribution in [3.63, 3.8) is 0 Å². The van der Waals surface area contributed by atoms with Crippen LogP contribution in [0.1, 0.15) is 52.6 Å². The summed E-state index contributed by atoms with van der Waals surface area (Å²) in [6, 6.07) is 8.49. The fourth-order valence-corrected chi connectivity index (χ4v) is 1.99. The van der Waals surface area contributed by atoms with Gasteiger partial charge in [0.2, 0.25) is 0 Å². The van der Waals surface area contributed by atoms with E-state index in [1.54, 1.807) is 0 Å². The van der Waals surface area contributed by atoms with Crippen molar-refractivity contribution in [1.29, 1.82) is 0 Å². The van der Waals surface area contributed by atoms with Gasteiger partial charge in [-0.2, -0.15) is 5.10 Å². The van der Waals surface area contributed by atoms with Crippen LogP contribution in [0.5, 0.6) is 0 Å². The molecule has 2 rings (SSSR count). The van der Waals surface area contributed by atoms with E-state index in [9.17, 15) is 4.79 Å². The highest BCUT2D eigenvalue weighted by molar-refractivity contribution is 5.78. The van der Waals surface area contributed by atoms with Gasteiger partial charge in [0.1, 0.15) is 0 Å². The molecule has 0 atom stereocenters. The SMILES string of the molecule is Cc1[nH]nc(Cc2ccc(C(C)C)cc2)c1C=O. The second-order valence-electron chi connectivity index (χ2n) is 4.90. The van der Waals surface area contributed by atoms with Crippen LogP contribution in [0.2, 0.25) is 0 Å². The van der Waals surface area contributed by atoms with Crippen molar-refractivity contribution in [2.45, 2.75) is 33.1 Å². The number of hydrogen-bond donors (Lipinski definition) is 1. The summed E-state index contributed by atoms with van der Waals surface area (Å²) in [5, 5.41) is 7.04. The molecule has 2 aromatic rings. The summed E-state index contributed by atoms with van der Waals surface area (Å²) >= 11 is 0. The minimum absolute atomic E-state index is 0.539. The van der Waals surface area contributed by atoms with Gasteiger partial charge in [0.25, 0.3) is 0 Å². The average molecular weight is 242 g/mol. The van der Waals surface area contributed by atoms with Gasteiger partial charge in [0, 0.05) is 12.1 Å². The van der Waals surface area contributed by atoms with Gasteiger partial charge in [0.05, 0.1) is 11.3 Å². The maximum atomic E-state index is 11.0. The van der Waals surface area contributed by atoms with Crippen molar-refractivity contribution < 1.29 is 4.79 Å². The lowest BCUT2D eigenvalue weighted by molar-refractivity contribution is 0.112. The Hall–Kier alpha value is -1.90. The third-order valence-electron chi connectivity index (χ3n) is 3.21. The van der Waals surface area contributed by atoms with Crippen molar-refractivity contribution in [2.24, 2.45) is 0 Å². The highest BCUT2D eigenvalue weighted by Gasteiger charge is 2.10. The summed E-state index contributed by atoms with van der Waals surface area (Å²) in [5.41, 5.74) is 4.84. The number of carbonyl (C=O) groups is 1. The predicted molar refractivity (Wildman–Crippen MR) is 72.0 cm³/mol. The highest BCUT2D eigenvalue weighted by Crippen LogP contribution is 2.17. The smallest absolute Gasteiger partial charge is 0.153 e. The quantitative estimate of drug-likeness (QED) is 0.836. The minimum Gasteiger partial charge on any atom is -0.298 e. The molecule has 1 aromatic carbocycles. The largest absolute Gasteiger partial charge is 0.298 e. The van der Waals surface area contributed by atoms with E-state index in [0.29, 0.717) is 17.9 Å². The van der Waals surface area contributed by atoms with Gasteiger partial charge in [-0.15, -0.1) is 0 Å². The molecule has 0 spiro atoms. The molecule has 0 fully saturated rings. The first-order valence-electron chi connectivity index (χ1n) is 6.19. The molecule has 1 N–H and O–H groups in total. The lowest BCUT2D eigenvalue weighted by Gasteiger charge is -2.06. The van der Waals surface area contributed by atoms with E-state index in [4.69, 9.17) is 0 Å². The highest BCUT2D eigenvalue weighted by atomic mass is 16.1. The first-order chi connectivity index (χ1) is 8.61. The Labute approximate surface area is 107 Å². The number of aromatic amines is 1. The zero-order chi connectivity index (χ0) is 13.1. The minimum atomic E-state index is 0.539. The Bertz CT molecular complexity index is 538. The Balaban J connectivity index is 2.21. The monoisotopic (exact) mass is 242 g/mol. The predicted octanol–water partition coefficient (Wildman–Crippen LogP) is 3.24. The van der Waals surface area contributed by atoms with Crippen LogP contribution in [-0.2, 0) is 6.42 Å². The first-order valence-corrected chi connectivity index (χ1v) is 6.19. The van der Waals surface area contributed by atoms with Crippen molar-refractivity contribution in [2.75, 3.05) is 0 Å².